The highest BCUT2D eigenvalue weighted by atomic mass is 35.5. The summed E-state index contributed by atoms with van der Waals surface area (Å²) < 4.78 is 37.7. The molecule has 0 spiro atoms. The fourth-order valence-corrected chi connectivity index (χ4v) is 4.48. The minimum absolute atomic E-state index is 0.0788. The topological polar surface area (TPSA) is 84.9 Å². The predicted molar refractivity (Wildman–Crippen MR) is 111 cm³/mol. The van der Waals surface area contributed by atoms with Gasteiger partial charge in [-0.1, -0.05) is 23.7 Å². The van der Waals surface area contributed by atoms with Crippen LogP contribution < -0.4 is 10.1 Å². The van der Waals surface area contributed by atoms with E-state index in [2.05, 4.69) is 5.32 Å². The third kappa shape index (κ3) is 5.70. The van der Waals surface area contributed by atoms with Gasteiger partial charge in [-0.25, -0.2) is 8.42 Å². The molecule has 1 aliphatic rings. The van der Waals surface area contributed by atoms with Crippen LogP contribution in [0.3, 0.4) is 0 Å². The van der Waals surface area contributed by atoms with Crippen LogP contribution in [0.25, 0.3) is 0 Å². The van der Waals surface area contributed by atoms with Gasteiger partial charge >= 0.3 is 0 Å². The third-order valence-corrected chi connectivity index (χ3v) is 6.63. The van der Waals surface area contributed by atoms with Crippen LogP contribution in [0.15, 0.2) is 47.4 Å². The normalized spacial score (nSPS) is 15.1. The number of aryl methyl sites for hydroxylation is 1. The van der Waals surface area contributed by atoms with E-state index < -0.39 is 10.0 Å². The lowest BCUT2D eigenvalue weighted by atomic mass is 10.2. The summed E-state index contributed by atoms with van der Waals surface area (Å²) in [6, 6.07) is 11.8. The molecule has 1 heterocycles. The Hall–Kier alpha value is -2.13. The van der Waals surface area contributed by atoms with E-state index in [1.54, 1.807) is 0 Å². The highest BCUT2D eigenvalue weighted by Crippen LogP contribution is 2.27. The molecule has 0 unspecified atom stereocenters. The van der Waals surface area contributed by atoms with E-state index in [-0.39, 0.29) is 34.5 Å². The van der Waals surface area contributed by atoms with Crippen LogP contribution >= 0.6 is 11.6 Å². The van der Waals surface area contributed by atoms with Gasteiger partial charge in [-0.05, 0) is 42.8 Å². The number of ether oxygens (including phenoxy) is 2. The van der Waals surface area contributed by atoms with Crippen molar-refractivity contribution in [3.63, 3.8) is 0 Å². The minimum Gasteiger partial charge on any atom is -0.493 e. The smallest absolute Gasteiger partial charge is 0.243 e. The summed E-state index contributed by atoms with van der Waals surface area (Å²) in [6.45, 7) is 3.46. The van der Waals surface area contributed by atoms with Gasteiger partial charge in [0, 0.05) is 13.1 Å². The van der Waals surface area contributed by atoms with Crippen LogP contribution in [0.4, 0.5) is 5.69 Å². The van der Waals surface area contributed by atoms with Gasteiger partial charge in [0.15, 0.2) is 0 Å². The molecule has 1 saturated heterocycles. The molecule has 0 aliphatic carbocycles. The van der Waals surface area contributed by atoms with E-state index in [0.717, 1.165) is 5.56 Å². The maximum atomic E-state index is 12.8. The second-order valence-electron chi connectivity index (χ2n) is 6.62. The first kappa shape index (κ1) is 21.6. The number of rotatable bonds is 7. The molecule has 0 aromatic heterocycles. The molecule has 2 aromatic rings. The fraction of sp³-hybridized carbons (Fsp3) is 0.350. The van der Waals surface area contributed by atoms with Gasteiger partial charge in [0.25, 0.3) is 0 Å². The molecule has 2 aromatic carbocycles. The maximum absolute atomic E-state index is 12.8. The Balaban J connectivity index is 1.62. The SMILES string of the molecule is Cc1cccc(OCCC(=O)Nc2cc(S(=O)(=O)N3CCOCC3)ccc2Cl)c1. The van der Waals surface area contributed by atoms with Crippen LogP contribution in [-0.4, -0.2) is 51.5 Å². The van der Waals surface area contributed by atoms with E-state index in [0.29, 0.717) is 32.1 Å². The lowest BCUT2D eigenvalue weighted by Crippen LogP contribution is -2.40. The lowest BCUT2D eigenvalue weighted by Gasteiger charge is -2.26. The Kier molecular flexibility index (Phi) is 7.13. The zero-order valence-corrected chi connectivity index (χ0v) is 17.6. The Bertz CT molecular complexity index is 975. The van der Waals surface area contributed by atoms with Gasteiger partial charge in [0.2, 0.25) is 15.9 Å². The summed E-state index contributed by atoms with van der Waals surface area (Å²) in [5.74, 6) is 0.370. The Morgan fingerprint density at radius 2 is 1.97 bits per heavy atom. The molecule has 7 nitrogen and oxygen atoms in total. The zero-order valence-electron chi connectivity index (χ0n) is 16.1. The molecule has 1 aliphatic heterocycles. The van der Waals surface area contributed by atoms with Gasteiger partial charge in [-0.3, -0.25) is 4.79 Å². The van der Waals surface area contributed by atoms with E-state index in [1.165, 1.54) is 22.5 Å². The summed E-state index contributed by atoms with van der Waals surface area (Å²) in [5.41, 5.74) is 1.32. The van der Waals surface area contributed by atoms with E-state index in [1.807, 2.05) is 31.2 Å². The van der Waals surface area contributed by atoms with Crippen molar-refractivity contribution in [1.29, 1.82) is 0 Å². The summed E-state index contributed by atoms with van der Waals surface area (Å²) in [6.07, 6.45) is 0.102. The fourth-order valence-electron chi connectivity index (χ4n) is 2.88. The summed E-state index contributed by atoms with van der Waals surface area (Å²) in [4.78, 5) is 12.3. The second-order valence-corrected chi connectivity index (χ2v) is 8.97. The van der Waals surface area contributed by atoms with Crippen molar-refractivity contribution in [1.82, 2.24) is 4.31 Å². The second kappa shape index (κ2) is 9.58. The molecule has 156 valence electrons. The highest BCUT2D eigenvalue weighted by molar-refractivity contribution is 7.89. The predicted octanol–water partition coefficient (Wildman–Crippen LogP) is 3.08. The number of nitrogens with zero attached hydrogens (tertiary/aromatic N) is 1. The first-order valence-corrected chi connectivity index (χ1v) is 11.0. The third-order valence-electron chi connectivity index (χ3n) is 4.41. The number of halogens is 1. The molecule has 0 atom stereocenters. The molecule has 0 radical (unpaired) electrons. The number of hydrogen-bond donors (Lipinski definition) is 1. The van der Waals surface area contributed by atoms with Crippen LogP contribution in [0.5, 0.6) is 5.75 Å². The van der Waals surface area contributed by atoms with Crippen molar-refractivity contribution in [3.05, 3.63) is 53.1 Å². The minimum atomic E-state index is -3.68. The number of benzene rings is 2. The number of hydrogen-bond acceptors (Lipinski definition) is 5. The van der Waals surface area contributed by atoms with E-state index in [4.69, 9.17) is 21.1 Å². The molecular weight excluding hydrogens is 416 g/mol. The average molecular weight is 439 g/mol. The van der Waals surface area contributed by atoms with Gasteiger partial charge < -0.3 is 14.8 Å². The first-order valence-electron chi connectivity index (χ1n) is 9.23. The number of nitrogens with one attached hydrogen (secondary N) is 1. The Morgan fingerprint density at radius 3 is 2.69 bits per heavy atom. The number of morpholine rings is 1. The van der Waals surface area contributed by atoms with Crippen LogP contribution in [0, 0.1) is 6.92 Å². The Labute approximate surface area is 175 Å². The first-order chi connectivity index (χ1) is 13.9. The number of carbonyl (C=O) groups is 1. The summed E-state index contributed by atoms with van der Waals surface area (Å²) in [5, 5.41) is 2.93. The largest absolute Gasteiger partial charge is 0.493 e. The molecule has 1 amide bonds. The summed E-state index contributed by atoms with van der Waals surface area (Å²) in [7, 11) is -3.68. The van der Waals surface area contributed by atoms with Crippen molar-refractivity contribution < 1.29 is 22.7 Å². The maximum Gasteiger partial charge on any atom is 0.243 e. The Morgan fingerprint density at radius 1 is 1.21 bits per heavy atom. The van der Waals surface area contributed by atoms with E-state index >= 15 is 0 Å². The average Bonchev–Trinajstić information content (AvgIpc) is 2.70. The van der Waals surface area contributed by atoms with Gasteiger partial charge in [0.1, 0.15) is 5.75 Å². The number of sulfonamides is 1. The lowest BCUT2D eigenvalue weighted by molar-refractivity contribution is -0.116. The quantitative estimate of drug-likeness (QED) is 0.718. The van der Waals surface area contributed by atoms with Crippen LogP contribution in [0.1, 0.15) is 12.0 Å². The molecule has 1 fully saturated rings. The van der Waals surface area contributed by atoms with Crippen molar-refractivity contribution in [3.8, 4) is 5.75 Å². The number of amides is 1. The molecule has 9 heteroatoms. The number of anilines is 1. The molecule has 0 bridgehead atoms. The molecule has 3 rings (SSSR count). The molecular formula is C20H23ClN2O5S. The van der Waals surface area contributed by atoms with Crippen molar-refractivity contribution in [2.24, 2.45) is 0 Å². The number of carbonyl (C=O) groups excluding carboxylic acids is 1. The van der Waals surface area contributed by atoms with Gasteiger partial charge in [-0.2, -0.15) is 4.31 Å². The standard InChI is InChI=1S/C20H23ClN2O5S/c1-15-3-2-4-16(13-15)28-10-7-20(24)22-19-14-17(5-6-18(19)21)29(25,26)23-8-11-27-12-9-23/h2-6,13-14H,7-12H2,1H3,(H,22,24). The van der Waals surface area contributed by atoms with Crippen molar-refractivity contribution in [2.75, 3.05) is 38.2 Å². The molecule has 1 N–H and O–H groups in total. The van der Waals surface area contributed by atoms with Gasteiger partial charge in [0.05, 0.1) is 41.8 Å². The monoisotopic (exact) mass is 438 g/mol. The van der Waals surface area contributed by atoms with Gasteiger partial charge in [-0.15, -0.1) is 0 Å². The van der Waals surface area contributed by atoms with Crippen molar-refractivity contribution in [2.45, 2.75) is 18.2 Å². The van der Waals surface area contributed by atoms with Crippen LogP contribution in [-0.2, 0) is 19.6 Å². The molecule has 0 saturated carbocycles. The summed E-state index contributed by atoms with van der Waals surface area (Å²) >= 11 is 6.15. The molecule has 29 heavy (non-hydrogen) atoms. The van der Waals surface area contributed by atoms with Crippen molar-refractivity contribution >= 4 is 33.2 Å². The van der Waals surface area contributed by atoms with E-state index in [9.17, 15) is 13.2 Å². The zero-order chi connectivity index (χ0) is 20.9. The highest BCUT2D eigenvalue weighted by Gasteiger charge is 2.27. The van der Waals surface area contributed by atoms with Crippen LogP contribution in [0.2, 0.25) is 5.02 Å².